The van der Waals surface area contributed by atoms with E-state index in [0.29, 0.717) is 0 Å². The molecule has 0 aliphatic rings. The number of benzene rings is 2. The van der Waals surface area contributed by atoms with Crippen molar-refractivity contribution >= 4 is 0 Å². The van der Waals surface area contributed by atoms with Crippen molar-refractivity contribution in [3.05, 3.63) is 75.9 Å². The first kappa shape index (κ1) is 23.2. The molecule has 0 amide bonds. The average molecular weight is 395 g/mol. The second kappa shape index (κ2) is 8.36. The first-order valence-electron chi connectivity index (χ1n) is 10.5. The van der Waals surface area contributed by atoms with Gasteiger partial charge < -0.3 is 9.84 Å². The molecule has 1 unspecified atom stereocenters. The molecular weight excluding hydrogens is 356 g/mol. The van der Waals surface area contributed by atoms with Crippen molar-refractivity contribution in [3.8, 4) is 5.75 Å². The number of hydrogen-bond acceptors (Lipinski definition) is 2. The minimum atomic E-state index is -1.03. The zero-order valence-corrected chi connectivity index (χ0v) is 19.7. The maximum atomic E-state index is 10.2. The summed E-state index contributed by atoms with van der Waals surface area (Å²) in [5.41, 5.74) is 8.68. The summed E-state index contributed by atoms with van der Waals surface area (Å²) in [6.45, 7) is 23.5. The monoisotopic (exact) mass is 394 g/mol. The average Bonchev–Trinajstić information content (AvgIpc) is 2.57. The van der Waals surface area contributed by atoms with Crippen molar-refractivity contribution < 1.29 is 9.84 Å². The number of aliphatic hydroxyl groups excluding tert-OH is 1. The molecule has 2 rings (SSSR count). The van der Waals surface area contributed by atoms with Gasteiger partial charge in [0.2, 0.25) is 6.29 Å². The predicted molar refractivity (Wildman–Crippen MR) is 124 cm³/mol. The Labute approximate surface area is 177 Å². The summed E-state index contributed by atoms with van der Waals surface area (Å²) >= 11 is 0. The summed E-state index contributed by atoms with van der Waals surface area (Å²) in [5.74, 6) is 0.772. The molecule has 0 aliphatic heterocycles. The van der Waals surface area contributed by atoms with Gasteiger partial charge >= 0.3 is 0 Å². The number of aryl methyl sites for hydroxylation is 2. The molecule has 0 spiro atoms. The van der Waals surface area contributed by atoms with Gasteiger partial charge in [0.15, 0.2) is 0 Å². The first-order valence-corrected chi connectivity index (χ1v) is 10.5. The van der Waals surface area contributed by atoms with E-state index in [1.165, 1.54) is 33.9 Å². The summed E-state index contributed by atoms with van der Waals surface area (Å²) in [5, 5.41) is 10.2. The lowest BCUT2D eigenvalue weighted by Gasteiger charge is -2.28. The summed E-state index contributed by atoms with van der Waals surface area (Å²) in [7, 11) is 0. The number of aliphatic hydroxyl groups is 1. The molecule has 158 valence electrons. The second-order valence-corrected chi connectivity index (χ2v) is 10.3. The van der Waals surface area contributed by atoms with Crippen molar-refractivity contribution in [3.63, 3.8) is 0 Å². The highest BCUT2D eigenvalue weighted by molar-refractivity contribution is 5.52. The van der Waals surface area contributed by atoms with Gasteiger partial charge in [0.25, 0.3) is 0 Å². The van der Waals surface area contributed by atoms with E-state index in [9.17, 15) is 5.11 Å². The quantitative estimate of drug-likeness (QED) is 0.453. The maximum absolute atomic E-state index is 10.2. The Kier molecular flexibility index (Phi) is 6.69. The second-order valence-electron chi connectivity index (χ2n) is 10.3. The van der Waals surface area contributed by atoms with Crippen LogP contribution < -0.4 is 4.74 Å². The Morgan fingerprint density at radius 1 is 0.862 bits per heavy atom. The standard InChI is InChI=1S/C27H38O2/c1-11-24(28)29-25-21(13-18(3)15-23(25)27(8,9)10)16-20-12-17(2)14-22(19(20)4)26(5,6)7/h11-15,24,28H,1,16H2,2-10H3. The maximum Gasteiger partial charge on any atom is 0.217 e. The Hall–Kier alpha value is -2.06. The van der Waals surface area contributed by atoms with E-state index in [4.69, 9.17) is 4.74 Å². The highest BCUT2D eigenvalue weighted by Gasteiger charge is 2.25. The Balaban J connectivity index is 2.68. The van der Waals surface area contributed by atoms with E-state index in [0.717, 1.165) is 23.3 Å². The summed E-state index contributed by atoms with van der Waals surface area (Å²) in [4.78, 5) is 0. The fourth-order valence-corrected chi connectivity index (χ4v) is 3.95. The van der Waals surface area contributed by atoms with Gasteiger partial charge in [0.1, 0.15) is 5.75 Å². The molecule has 0 radical (unpaired) electrons. The lowest BCUT2D eigenvalue weighted by atomic mass is 9.79. The van der Waals surface area contributed by atoms with Gasteiger partial charge in [-0.25, -0.2) is 0 Å². The van der Waals surface area contributed by atoms with Crippen LogP contribution in [-0.2, 0) is 17.3 Å². The number of hydrogen-bond donors (Lipinski definition) is 1. The van der Waals surface area contributed by atoms with E-state index in [1.807, 2.05) is 0 Å². The highest BCUT2D eigenvalue weighted by Crippen LogP contribution is 2.38. The van der Waals surface area contributed by atoms with Gasteiger partial charge in [-0.3, -0.25) is 0 Å². The lowest BCUT2D eigenvalue weighted by Crippen LogP contribution is -2.20. The smallest absolute Gasteiger partial charge is 0.217 e. The molecule has 0 saturated carbocycles. The summed E-state index contributed by atoms with van der Waals surface area (Å²) in [6.07, 6.45) is 1.16. The minimum absolute atomic E-state index is 0.0897. The summed E-state index contributed by atoms with van der Waals surface area (Å²) in [6, 6.07) is 8.92. The molecule has 1 atom stereocenters. The summed E-state index contributed by atoms with van der Waals surface area (Å²) < 4.78 is 5.98. The van der Waals surface area contributed by atoms with E-state index in [1.54, 1.807) is 0 Å². The van der Waals surface area contributed by atoms with Gasteiger partial charge in [-0.05, 0) is 59.9 Å². The Morgan fingerprint density at radius 2 is 1.34 bits per heavy atom. The molecule has 2 nitrogen and oxygen atoms in total. The first-order chi connectivity index (χ1) is 13.2. The number of rotatable bonds is 5. The van der Waals surface area contributed by atoms with Gasteiger partial charge in [-0.2, -0.15) is 0 Å². The third kappa shape index (κ3) is 5.51. The van der Waals surface area contributed by atoms with Crippen LogP contribution in [-0.4, -0.2) is 11.4 Å². The van der Waals surface area contributed by atoms with Crippen molar-refractivity contribution in [2.45, 2.75) is 85.9 Å². The van der Waals surface area contributed by atoms with Gasteiger partial charge in [0, 0.05) is 12.0 Å². The van der Waals surface area contributed by atoms with Crippen molar-refractivity contribution in [2.24, 2.45) is 0 Å². The Morgan fingerprint density at radius 3 is 1.83 bits per heavy atom. The lowest BCUT2D eigenvalue weighted by molar-refractivity contribution is 0.0229. The van der Waals surface area contributed by atoms with Crippen LogP contribution in [0.4, 0.5) is 0 Å². The third-order valence-electron chi connectivity index (χ3n) is 5.41. The van der Waals surface area contributed by atoms with Crippen LogP contribution in [0.3, 0.4) is 0 Å². The topological polar surface area (TPSA) is 29.5 Å². The van der Waals surface area contributed by atoms with Crippen LogP contribution in [0.25, 0.3) is 0 Å². The van der Waals surface area contributed by atoms with E-state index < -0.39 is 6.29 Å². The van der Waals surface area contributed by atoms with Crippen LogP contribution in [0.5, 0.6) is 5.75 Å². The molecule has 2 heteroatoms. The fraction of sp³-hybridized carbons (Fsp3) is 0.481. The zero-order chi connectivity index (χ0) is 22.1. The van der Waals surface area contributed by atoms with Gasteiger partial charge in [0.05, 0.1) is 0 Å². The van der Waals surface area contributed by atoms with Gasteiger partial charge in [-0.1, -0.05) is 83.5 Å². The van der Waals surface area contributed by atoms with Gasteiger partial charge in [-0.15, -0.1) is 0 Å². The van der Waals surface area contributed by atoms with Crippen molar-refractivity contribution in [2.75, 3.05) is 0 Å². The molecular formula is C27H38O2. The highest BCUT2D eigenvalue weighted by atomic mass is 16.6. The van der Waals surface area contributed by atoms with E-state index >= 15 is 0 Å². The van der Waals surface area contributed by atoms with Crippen molar-refractivity contribution in [1.82, 2.24) is 0 Å². The molecule has 2 aromatic rings. The fourth-order valence-electron chi connectivity index (χ4n) is 3.95. The molecule has 0 aromatic heterocycles. The molecule has 0 heterocycles. The zero-order valence-electron chi connectivity index (χ0n) is 19.7. The molecule has 0 fully saturated rings. The van der Waals surface area contributed by atoms with Crippen molar-refractivity contribution in [1.29, 1.82) is 0 Å². The largest absolute Gasteiger partial charge is 0.461 e. The molecule has 0 aliphatic carbocycles. The van der Waals surface area contributed by atoms with E-state index in [-0.39, 0.29) is 10.8 Å². The van der Waals surface area contributed by atoms with E-state index in [2.05, 4.69) is 93.2 Å². The minimum Gasteiger partial charge on any atom is -0.461 e. The predicted octanol–water partition coefficient (Wildman–Crippen LogP) is 6.68. The molecule has 2 aromatic carbocycles. The van der Waals surface area contributed by atoms with Crippen LogP contribution in [0, 0.1) is 20.8 Å². The SMILES string of the molecule is C=CC(O)Oc1c(Cc2cc(C)cc(C(C)(C)C)c2C)cc(C)cc1C(C)(C)C. The normalized spacial score (nSPS) is 13.3. The molecule has 0 bridgehead atoms. The van der Waals surface area contributed by atoms with Crippen LogP contribution in [0.15, 0.2) is 36.9 Å². The van der Waals surface area contributed by atoms with Crippen LogP contribution in [0.2, 0.25) is 0 Å². The van der Waals surface area contributed by atoms with Crippen LogP contribution >= 0.6 is 0 Å². The molecule has 0 saturated heterocycles. The molecule has 1 N–H and O–H groups in total. The van der Waals surface area contributed by atoms with Crippen LogP contribution in [0.1, 0.15) is 80.5 Å². The molecule has 29 heavy (non-hydrogen) atoms. The third-order valence-corrected chi connectivity index (χ3v) is 5.41. The Bertz CT molecular complexity index is 892. The number of ether oxygens (including phenoxy) is 1.